The van der Waals surface area contributed by atoms with Crippen molar-refractivity contribution in [3.8, 4) is 22.9 Å². The van der Waals surface area contributed by atoms with Crippen molar-refractivity contribution < 1.29 is 9.13 Å². The average Bonchev–Trinajstić information content (AvgIpc) is 2.92. The molecule has 0 saturated heterocycles. The van der Waals surface area contributed by atoms with Gasteiger partial charge >= 0.3 is 6.01 Å². The predicted molar refractivity (Wildman–Crippen MR) is 84.1 cm³/mol. The summed E-state index contributed by atoms with van der Waals surface area (Å²) in [5.74, 6) is 0.293. The van der Waals surface area contributed by atoms with Crippen LogP contribution in [0, 0.1) is 5.82 Å². The maximum absolute atomic E-state index is 13.8. The molecule has 0 aliphatic heterocycles. The summed E-state index contributed by atoms with van der Waals surface area (Å²) < 4.78 is 19.4. The highest BCUT2D eigenvalue weighted by Crippen LogP contribution is 2.40. The molecule has 2 heterocycles. The molecule has 0 radical (unpaired) electrons. The van der Waals surface area contributed by atoms with Crippen LogP contribution in [0.1, 0.15) is 11.3 Å². The van der Waals surface area contributed by atoms with E-state index in [1.807, 2.05) is 0 Å². The van der Waals surface area contributed by atoms with Gasteiger partial charge in [0.15, 0.2) is 0 Å². The van der Waals surface area contributed by atoms with Gasteiger partial charge in [0.2, 0.25) is 0 Å². The minimum absolute atomic E-state index is 0.260. The third-order valence-corrected chi connectivity index (χ3v) is 3.81. The Morgan fingerprint density at radius 1 is 1.22 bits per heavy atom. The van der Waals surface area contributed by atoms with Crippen molar-refractivity contribution in [1.82, 2.24) is 15.0 Å². The molecule has 6 heteroatoms. The lowest BCUT2D eigenvalue weighted by Crippen LogP contribution is -1.96. The molecule has 0 atom stereocenters. The Labute approximate surface area is 132 Å². The Balaban J connectivity index is 1.72. The van der Waals surface area contributed by atoms with E-state index in [4.69, 9.17) is 4.74 Å². The number of halogens is 1. The highest BCUT2D eigenvalue weighted by molar-refractivity contribution is 5.80. The molecule has 0 saturated carbocycles. The molecule has 23 heavy (non-hydrogen) atoms. The molecule has 1 aromatic carbocycles. The molecule has 2 aromatic heterocycles. The minimum atomic E-state index is -0.281. The maximum atomic E-state index is 13.8. The number of nitrogens with one attached hydrogen (secondary N) is 1. The first-order valence-corrected chi connectivity index (χ1v) is 7.19. The lowest BCUT2D eigenvalue weighted by Gasteiger charge is -2.07. The van der Waals surface area contributed by atoms with Gasteiger partial charge in [0.25, 0.3) is 0 Å². The number of ether oxygens (including phenoxy) is 1. The van der Waals surface area contributed by atoms with E-state index in [9.17, 15) is 4.39 Å². The van der Waals surface area contributed by atoms with Crippen molar-refractivity contribution in [3.05, 3.63) is 59.9 Å². The summed E-state index contributed by atoms with van der Waals surface area (Å²) in [6, 6.07) is 6.84. The van der Waals surface area contributed by atoms with Crippen LogP contribution in [-0.4, -0.2) is 22.0 Å². The molecule has 0 amide bonds. The van der Waals surface area contributed by atoms with Crippen LogP contribution in [0.2, 0.25) is 0 Å². The lowest BCUT2D eigenvalue weighted by molar-refractivity contribution is 0.438. The first-order chi connectivity index (χ1) is 11.2. The second-order valence-electron chi connectivity index (χ2n) is 5.21. The van der Waals surface area contributed by atoms with Gasteiger partial charge in [-0.2, -0.15) is 4.98 Å². The molecule has 0 spiro atoms. The summed E-state index contributed by atoms with van der Waals surface area (Å²) in [5.41, 5.74) is 4.30. The monoisotopic (exact) mass is 308 g/mol. The number of benzene rings is 1. The number of pyridine rings is 1. The van der Waals surface area contributed by atoms with Gasteiger partial charge in [-0.3, -0.25) is 4.98 Å². The smallest absolute Gasteiger partial charge is 0.322 e. The number of hydrogen-bond acceptors (Lipinski definition) is 5. The molecule has 0 fully saturated rings. The second-order valence-corrected chi connectivity index (χ2v) is 5.21. The van der Waals surface area contributed by atoms with E-state index in [0.717, 1.165) is 28.1 Å². The van der Waals surface area contributed by atoms with Crippen molar-refractivity contribution >= 4 is 5.69 Å². The number of anilines is 1. The topological polar surface area (TPSA) is 59.9 Å². The van der Waals surface area contributed by atoms with E-state index < -0.39 is 0 Å². The molecule has 0 unspecified atom stereocenters. The lowest BCUT2D eigenvalue weighted by atomic mass is 10.1. The highest BCUT2D eigenvalue weighted by Gasteiger charge is 2.24. The summed E-state index contributed by atoms with van der Waals surface area (Å²) in [7, 11) is 1.78. The van der Waals surface area contributed by atoms with Crippen molar-refractivity contribution in [2.24, 2.45) is 0 Å². The van der Waals surface area contributed by atoms with Crippen molar-refractivity contribution in [1.29, 1.82) is 0 Å². The SMILES string of the molecule is CNc1cc(F)cc2c1Cc1nc(Oc3cccnc3)ncc1-2. The number of rotatable bonds is 3. The maximum Gasteiger partial charge on any atom is 0.322 e. The van der Waals surface area contributed by atoms with Gasteiger partial charge in [0, 0.05) is 37.1 Å². The summed E-state index contributed by atoms with van der Waals surface area (Å²) >= 11 is 0. The molecule has 3 aromatic rings. The van der Waals surface area contributed by atoms with E-state index in [0.29, 0.717) is 12.2 Å². The van der Waals surface area contributed by atoms with Crippen LogP contribution in [0.5, 0.6) is 11.8 Å². The summed E-state index contributed by atoms with van der Waals surface area (Å²) in [6.45, 7) is 0. The third kappa shape index (κ3) is 2.38. The number of hydrogen-bond donors (Lipinski definition) is 1. The molecule has 4 rings (SSSR count). The fraction of sp³-hybridized carbons (Fsp3) is 0.118. The van der Waals surface area contributed by atoms with Crippen LogP contribution in [0.4, 0.5) is 10.1 Å². The Hall–Kier alpha value is -3.02. The predicted octanol–water partition coefficient (Wildman–Crippen LogP) is 3.42. The molecular formula is C17H13FN4O. The summed E-state index contributed by atoms with van der Waals surface area (Å²) in [5, 5.41) is 3.03. The Morgan fingerprint density at radius 2 is 2.13 bits per heavy atom. The molecule has 1 N–H and O–H groups in total. The highest BCUT2D eigenvalue weighted by atomic mass is 19.1. The number of nitrogens with zero attached hydrogens (tertiary/aromatic N) is 3. The summed E-state index contributed by atoms with van der Waals surface area (Å²) in [4.78, 5) is 12.7. The molecule has 114 valence electrons. The van der Waals surface area contributed by atoms with Crippen molar-refractivity contribution in [2.45, 2.75) is 6.42 Å². The molecular weight excluding hydrogens is 295 g/mol. The van der Waals surface area contributed by atoms with Gasteiger partial charge in [0.05, 0.1) is 11.9 Å². The van der Waals surface area contributed by atoms with Crippen LogP contribution in [-0.2, 0) is 6.42 Å². The van der Waals surface area contributed by atoms with Crippen LogP contribution in [0.25, 0.3) is 11.1 Å². The molecule has 5 nitrogen and oxygen atoms in total. The van der Waals surface area contributed by atoms with Crippen molar-refractivity contribution in [2.75, 3.05) is 12.4 Å². The Morgan fingerprint density at radius 3 is 2.91 bits per heavy atom. The fourth-order valence-corrected chi connectivity index (χ4v) is 2.78. The van der Waals surface area contributed by atoms with Gasteiger partial charge in [-0.05, 0) is 35.4 Å². The second kappa shape index (κ2) is 5.31. The first kappa shape index (κ1) is 13.6. The van der Waals surface area contributed by atoms with Gasteiger partial charge in [-0.25, -0.2) is 9.37 Å². The molecule has 1 aliphatic carbocycles. The van der Waals surface area contributed by atoms with Gasteiger partial charge in [-0.15, -0.1) is 0 Å². The largest absolute Gasteiger partial charge is 0.423 e. The van der Waals surface area contributed by atoms with Gasteiger partial charge in [0.1, 0.15) is 11.6 Å². The zero-order valence-corrected chi connectivity index (χ0v) is 12.4. The fourth-order valence-electron chi connectivity index (χ4n) is 2.78. The standard InChI is InChI=1S/C17H13FN4O/c1-19-15-6-10(18)5-12-13(15)7-16-14(12)9-21-17(22-16)23-11-3-2-4-20-8-11/h2-6,8-9,19H,7H2,1H3. The van der Waals surface area contributed by atoms with E-state index in [-0.39, 0.29) is 11.8 Å². The van der Waals surface area contributed by atoms with Crippen LogP contribution in [0.3, 0.4) is 0 Å². The minimum Gasteiger partial charge on any atom is -0.423 e. The average molecular weight is 308 g/mol. The quantitative estimate of drug-likeness (QED) is 0.628. The van der Waals surface area contributed by atoms with Crippen molar-refractivity contribution in [3.63, 3.8) is 0 Å². The van der Waals surface area contributed by atoms with Gasteiger partial charge in [-0.1, -0.05) is 0 Å². The summed E-state index contributed by atoms with van der Waals surface area (Å²) in [6.07, 6.45) is 5.56. The third-order valence-electron chi connectivity index (χ3n) is 3.81. The normalized spacial score (nSPS) is 11.7. The molecule has 0 bridgehead atoms. The number of fused-ring (bicyclic) bond motifs is 3. The van der Waals surface area contributed by atoms with E-state index >= 15 is 0 Å². The van der Waals surface area contributed by atoms with Crippen LogP contribution < -0.4 is 10.1 Å². The van der Waals surface area contributed by atoms with Crippen LogP contribution in [0.15, 0.2) is 42.9 Å². The first-order valence-electron chi connectivity index (χ1n) is 7.19. The van der Waals surface area contributed by atoms with E-state index in [1.165, 1.54) is 12.1 Å². The Kier molecular flexibility index (Phi) is 3.15. The Bertz CT molecular complexity index is 883. The number of aromatic nitrogens is 3. The zero-order chi connectivity index (χ0) is 15.8. The van der Waals surface area contributed by atoms with E-state index in [2.05, 4.69) is 20.3 Å². The zero-order valence-electron chi connectivity index (χ0n) is 12.4. The van der Waals surface area contributed by atoms with E-state index in [1.54, 1.807) is 37.8 Å². The van der Waals surface area contributed by atoms with Gasteiger partial charge < -0.3 is 10.1 Å². The van der Waals surface area contributed by atoms with Crippen LogP contribution >= 0.6 is 0 Å². The molecule has 1 aliphatic rings.